The molecule has 0 spiro atoms. The second-order valence-corrected chi connectivity index (χ2v) is 10.9. The van der Waals surface area contributed by atoms with E-state index in [1.807, 2.05) is 51.3 Å². The molecule has 1 atom stereocenters. The number of nitrogens with zero attached hydrogens (tertiary/aromatic N) is 1. The Morgan fingerprint density at radius 3 is 2.39 bits per heavy atom. The fourth-order valence-electron chi connectivity index (χ4n) is 3.77. The van der Waals surface area contributed by atoms with Crippen LogP contribution in [0.3, 0.4) is 0 Å². The third-order valence-electron chi connectivity index (χ3n) is 5.20. The van der Waals surface area contributed by atoms with Crippen LogP contribution < -0.4 is 4.74 Å². The van der Waals surface area contributed by atoms with Gasteiger partial charge in [0.25, 0.3) is 5.91 Å². The van der Waals surface area contributed by atoms with Crippen molar-refractivity contribution in [3.05, 3.63) is 50.7 Å². The summed E-state index contributed by atoms with van der Waals surface area (Å²) in [7, 11) is -3.08. The van der Waals surface area contributed by atoms with E-state index in [1.165, 1.54) is 0 Å². The van der Waals surface area contributed by atoms with Crippen molar-refractivity contribution in [2.75, 3.05) is 18.1 Å². The third-order valence-corrected chi connectivity index (χ3v) is 7.95. The van der Waals surface area contributed by atoms with Crippen LogP contribution in [0.4, 0.5) is 0 Å². The number of aryl methyl sites for hydroxylation is 4. The number of sulfone groups is 1. The molecule has 1 aromatic carbocycles. The van der Waals surface area contributed by atoms with Gasteiger partial charge in [-0.1, -0.05) is 17.7 Å². The van der Waals surface area contributed by atoms with Crippen molar-refractivity contribution in [1.82, 2.24) is 4.90 Å². The maximum Gasteiger partial charge on any atom is 0.261 e. The zero-order valence-electron chi connectivity index (χ0n) is 16.8. The molecule has 5 nitrogen and oxygen atoms in total. The molecule has 1 fully saturated rings. The highest BCUT2D eigenvalue weighted by atomic mass is 32.2. The summed E-state index contributed by atoms with van der Waals surface area (Å²) in [6.07, 6.45) is 0.487. The summed E-state index contributed by atoms with van der Waals surface area (Å²) < 4.78 is 29.8. The van der Waals surface area contributed by atoms with E-state index in [4.69, 9.17) is 4.74 Å². The van der Waals surface area contributed by atoms with Gasteiger partial charge in [0.1, 0.15) is 5.75 Å². The van der Waals surface area contributed by atoms with E-state index in [0.29, 0.717) is 13.0 Å². The molecule has 0 unspecified atom stereocenters. The molecule has 1 aliphatic heterocycles. The standard InChI is InChI=1S/C21H27NO4S2/c1-14-9-16(3)21(17(4)10-14)26-12-20(23)22(11-19-15(2)5-7-27-19)18-6-8-28(24,25)13-18/h5,7,9-10,18H,6,8,11-13H2,1-4H3/t18-/m0/s1. The van der Waals surface area contributed by atoms with Crippen molar-refractivity contribution in [1.29, 1.82) is 0 Å². The zero-order chi connectivity index (χ0) is 20.5. The molecule has 28 heavy (non-hydrogen) atoms. The minimum Gasteiger partial charge on any atom is -0.483 e. The maximum absolute atomic E-state index is 13.1. The van der Waals surface area contributed by atoms with Gasteiger partial charge in [-0.15, -0.1) is 11.3 Å². The lowest BCUT2D eigenvalue weighted by Gasteiger charge is -2.28. The number of carbonyl (C=O) groups is 1. The van der Waals surface area contributed by atoms with Gasteiger partial charge in [-0.25, -0.2) is 8.42 Å². The van der Waals surface area contributed by atoms with Gasteiger partial charge in [0.05, 0.1) is 18.1 Å². The average molecular weight is 422 g/mol. The lowest BCUT2D eigenvalue weighted by atomic mass is 10.1. The van der Waals surface area contributed by atoms with Gasteiger partial charge in [-0.3, -0.25) is 4.79 Å². The summed E-state index contributed by atoms with van der Waals surface area (Å²) >= 11 is 1.59. The molecule has 7 heteroatoms. The maximum atomic E-state index is 13.1. The van der Waals surface area contributed by atoms with E-state index in [-0.39, 0.29) is 30.1 Å². The van der Waals surface area contributed by atoms with Crippen LogP contribution in [-0.2, 0) is 21.2 Å². The van der Waals surface area contributed by atoms with Crippen molar-refractivity contribution < 1.29 is 17.9 Å². The van der Waals surface area contributed by atoms with Crippen LogP contribution >= 0.6 is 11.3 Å². The van der Waals surface area contributed by atoms with E-state index >= 15 is 0 Å². The molecule has 1 aliphatic rings. The van der Waals surface area contributed by atoms with Gasteiger partial charge in [-0.2, -0.15) is 0 Å². The molecule has 152 valence electrons. The molecular weight excluding hydrogens is 394 g/mol. The first-order chi connectivity index (χ1) is 13.2. The number of ether oxygens (including phenoxy) is 1. The quantitative estimate of drug-likeness (QED) is 0.715. The summed E-state index contributed by atoms with van der Waals surface area (Å²) in [5.74, 6) is 0.729. The van der Waals surface area contributed by atoms with Crippen molar-refractivity contribution in [3.63, 3.8) is 0 Å². The summed E-state index contributed by atoms with van der Waals surface area (Å²) in [6.45, 7) is 8.31. The van der Waals surface area contributed by atoms with E-state index < -0.39 is 9.84 Å². The van der Waals surface area contributed by atoms with Crippen molar-refractivity contribution in [3.8, 4) is 5.75 Å². The third kappa shape index (κ3) is 4.75. The first-order valence-corrected chi connectivity index (χ1v) is 12.1. The lowest BCUT2D eigenvalue weighted by molar-refractivity contribution is -0.135. The van der Waals surface area contributed by atoms with Gasteiger partial charge in [0, 0.05) is 10.9 Å². The Morgan fingerprint density at radius 2 is 1.86 bits per heavy atom. The van der Waals surface area contributed by atoms with E-state index in [1.54, 1.807) is 16.2 Å². The van der Waals surface area contributed by atoms with Crippen LogP contribution in [0.1, 0.15) is 33.6 Å². The highest BCUT2D eigenvalue weighted by molar-refractivity contribution is 7.91. The first-order valence-electron chi connectivity index (χ1n) is 9.40. The molecule has 2 heterocycles. The molecule has 0 aliphatic carbocycles. The Hall–Kier alpha value is -1.86. The number of carbonyl (C=O) groups excluding carboxylic acids is 1. The normalized spacial score (nSPS) is 18.2. The van der Waals surface area contributed by atoms with E-state index in [2.05, 4.69) is 0 Å². The first kappa shape index (κ1) is 20.9. The summed E-state index contributed by atoms with van der Waals surface area (Å²) in [6, 6.07) is 5.79. The van der Waals surface area contributed by atoms with Crippen LogP contribution in [0, 0.1) is 27.7 Å². The lowest BCUT2D eigenvalue weighted by Crippen LogP contribution is -2.43. The number of hydrogen-bond acceptors (Lipinski definition) is 5. The van der Waals surface area contributed by atoms with E-state index in [0.717, 1.165) is 32.9 Å². The zero-order valence-corrected chi connectivity index (χ0v) is 18.5. The number of thiophene rings is 1. The van der Waals surface area contributed by atoms with Crippen molar-refractivity contribution in [2.24, 2.45) is 0 Å². The highest BCUT2D eigenvalue weighted by Gasteiger charge is 2.35. The van der Waals surface area contributed by atoms with E-state index in [9.17, 15) is 13.2 Å². The molecule has 0 N–H and O–H groups in total. The second-order valence-electron chi connectivity index (χ2n) is 7.62. The largest absolute Gasteiger partial charge is 0.483 e. The van der Waals surface area contributed by atoms with Crippen LogP contribution in [0.15, 0.2) is 23.6 Å². The van der Waals surface area contributed by atoms with Crippen molar-refractivity contribution >= 4 is 27.1 Å². The molecule has 1 aromatic heterocycles. The van der Waals surface area contributed by atoms with Gasteiger partial charge in [0.15, 0.2) is 16.4 Å². The number of rotatable bonds is 6. The molecule has 2 aromatic rings. The molecule has 0 radical (unpaired) electrons. The van der Waals surface area contributed by atoms with Gasteiger partial charge in [0.2, 0.25) is 0 Å². The van der Waals surface area contributed by atoms with Gasteiger partial charge in [-0.05, 0) is 62.3 Å². The molecule has 1 saturated heterocycles. The SMILES string of the molecule is Cc1cc(C)c(OCC(=O)N(Cc2sccc2C)[C@H]2CCS(=O)(=O)C2)c(C)c1. The Balaban J connectivity index is 1.78. The molecule has 1 amide bonds. The molecule has 0 saturated carbocycles. The highest BCUT2D eigenvalue weighted by Crippen LogP contribution is 2.26. The molecule has 0 bridgehead atoms. The Morgan fingerprint density at radius 1 is 1.18 bits per heavy atom. The van der Waals surface area contributed by atoms with Crippen LogP contribution in [0.5, 0.6) is 5.75 Å². The summed E-state index contributed by atoms with van der Waals surface area (Å²) in [5, 5.41) is 1.99. The predicted octanol–water partition coefficient (Wildman–Crippen LogP) is 3.58. The van der Waals surface area contributed by atoms with Gasteiger partial charge < -0.3 is 9.64 Å². The topological polar surface area (TPSA) is 63.7 Å². The number of benzene rings is 1. The van der Waals surface area contributed by atoms with Crippen molar-refractivity contribution in [2.45, 2.75) is 46.7 Å². The molecule has 3 rings (SSSR count). The second kappa shape index (κ2) is 8.25. The smallest absolute Gasteiger partial charge is 0.261 e. The average Bonchev–Trinajstić information content (AvgIpc) is 3.16. The minimum absolute atomic E-state index is 0.0335. The van der Waals surface area contributed by atoms with Crippen LogP contribution in [-0.4, -0.2) is 43.4 Å². The monoisotopic (exact) mass is 421 g/mol. The van der Waals surface area contributed by atoms with Crippen LogP contribution in [0.2, 0.25) is 0 Å². The summed E-state index contributed by atoms with van der Waals surface area (Å²) in [5.41, 5.74) is 4.26. The fourth-order valence-corrected chi connectivity index (χ4v) is 6.41. The molecular formula is C21H27NO4S2. The van der Waals surface area contributed by atoms with Gasteiger partial charge >= 0.3 is 0 Å². The van der Waals surface area contributed by atoms with Crippen LogP contribution in [0.25, 0.3) is 0 Å². The Kier molecular flexibility index (Phi) is 6.15. The Bertz CT molecular complexity index is 955. The number of amides is 1. The minimum atomic E-state index is -3.08. The fraction of sp³-hybridized carbons (Fsp3) is 0.476. The Labute approximate surface area is 171 Å². The number of hydrogen-bond donors (Lipinski definition) is 0. The summed E-state index contributed by atoms with van der Waals surface area (Å²) in [4.78, 5) is 15.8. The predicted molar refractivity (Wildman–Crippen MR) is 113 cm³/mol.